The van der Waals surface area contributed by atoms with Crippen LogP contribution in [0.2, 0.25) is 0 Å². The monoisotopic (exact) mass is 320 g/mol. The zero-order valence-electron chi connectivity index (χ0n) is 13.2. The third-order valence-electron chi connectivity index (χ3n) is 4.48. The van der Waals surface area contributed by atoms with Gasteiger partial charge in [0, 0.05) is 32.4 Å². The Kier molecular flexibility index (Phi) is 3.46. The number of hydrogen-bond acceptors (Lipinski definition) is 7. The summed E-state index contributed by atoms with van der Waals surface area (Å²) in [5.74, 6) is 1.13. The highest BCUT2D eigenvalue weighted by Gasteiger charge is 2.28. The van der Waals surface area contributed by atoms with Gasteiger partial charge in [0.25, 0.3) is 0 Å². The second-order valence-corrected chi connectivity index (χ2v) is 5.81. The molecule has 4 rings (SSSR count). The Morgan fingerprint density at radius 3 is 2.92 bits per heavy atom. The minimum atomic E-state index is 0.197. The Balaban J connectivity index is 1.53. The van der Waals surface area contributed by atoms with Gasteiger partial charge < -0.3 is 14.8 Å². The molecule has 4 heterocycles. The number of aromatic amines is 1. The molecule has 3 aromatic heterocycles. The highest BCUT2D eigenvalue weighted by Crippen LogP contribution is 2.27. The van der Waals surface area contributed by atoms with Gasteiger partial charge in [0.2, 0.25) is 5.82 Å². The van der Waals surface area contributed by atoms with E-state index in [1.807, 2.05) is 18.3 Å². The standard InChI is InChI=1S/C16H16N8/c1-23(16-13-2-4-18-15(13)21-10-22-16)11-3-5-24(9-11)12-7-19-14(6-17)20-8-12/h2,4,7-8,10-11H,3,5,9H2,1H3,(H,18,21,22)/t11-/m1/s1. The minimum Gasteiger partial charge on any atom is -0.367 e. The van der Waals surface area contributed by atoms with Crippen molar-refractivity contribution in [1.29, 1.82) is 5.26 Å². The van der Waals surface area contributed by atoms with Crippen LogP contribution in [0.25, 0.3) is 11.0 Å². The van der Waals surface area contributed by atoms with Crippen molar-refractivity contribution in [3.8, 4) is 6.07 Å². The lowest BCUT2D eigenvalue weighted by molar-refractivity contribution is 0.686. The molecular weight excluding hydrogens is 304 g/mol. The number of nitrogens with one attached hydrogen (secondary N) is 1. The van der Waals surface area contributed by atoms with E-state index in [9.17, 15) is 0 Å². The van der Waals surface area contributed by atoms with Gasteiger partial charge in [-0.15, -0.1) is 0 Å². The molecule has 8 heteroatoms. The lowest BCUT2D eigenvalue weighted by Crippen LogP contribution is -2.35. The Morgan fingerprint density at radius 1 is 1.29 bits per heavy atom. The van der Waals surface area contributed by atoms with E-state index in [0.29, 0.717) is 6.04 Å². The summed E-state index contributed by atoms with van der Waals surface area (Å²) in [6.45, 7) is 1.79. The molecule has 1 aliphatic heterocycles. The number of rotatable bonds is 3. The number of nitriles is 1. The predicted octanol–water partition coefficient (Wildman–Crippen LogP) is 1.33. The smallest absolute Gasteiger partial charge is 0.232 e. The normalized spacial score (nSPS) is 17.2. The van der Waals surface area contributed by atoms with E-state index in [2.05, 4.69) is 41.8 Å². The van der Waals surface area contributed by atoms with Gasteiger partial charge >= 0.3 is 0 Å². The molecular formula is C16H16N8. The molecule has 1 atom stereocenters. The average Bonchev–Trinajstić information content (AvgIpc) is 3.30. The zero-order chi connectivity index (χ0) is 16.5. The lowest BCUT2D eigenvalue weighted by Gasteiger charge is -2.26. The van der Waals surface area contributed by atoms with Crippen LogP contribution >= 0.6 is 0 Å². The molecule has 0 aromatic carbocycles. The Morgan fingerprint density at radius 2 is 2.12 bits per heavy atom. The van der Waals surface area contributed by atoms with Crippen LogP contribution in [-0.2, 0) is 0 Å². The molecule has 24 heavy (non-hydrogen) atoms. The maximum atomic E-state index is 8.79. The summed E-state index contributed by atoms with van der Waals surface area (Å²) in [6, 6.07) is 4.29. The number of likely N-dealkylation sites (N-methyl/N-ethyl adjacent to an activating group) is 1. The summed E-state index contributed by atoms with van der Waals surface area (Å²) in [5, 5.41) is 9.82. The summed E-state index contributed by atoms with van der Waals surface area (Å²) in [7, 11) is 2.07. The van der Waals surface area contributed by atoms with Gasteiger partial charge in [-0.3, -0.25) is 0 Å². The van der Waals surface area contributed by atoms with Crippen molar-refractivity contribution < 1.29 is 0 Å². The first-order valence-electron chi connectivity index (χ1n) is 7.74. The minimum absolute atomic E-state index is 0.197. The number of hydrogen-bond donors (Lipinski definition) is 1. The highest BCUT2D eigenvalue weighted by molar-refractivity contribution is 5.87. The maximum Gasteiger partial charge on any atom is 0.232 e. The van der Waals surface area contributed by atoms with Crippen molar-refractivity contribution >= 4 is 22.5 Å². The van der Waals surface area contributed by atoms with Gasteiger partial charge in [-0.1, -0.05) is 0 Å². The number of anilines is 2. The third-order valence-corrected chi connectivity index (χ3v) is 4.48. The van der Waals surface area contributed by atoms with Crippen LogP contribution in [0.1, 0.15) is 12.2 Å². The first-order valence-corrected chi connectivity index (χ1v) is 7.74. The van der Waals surface area contributed by atoms with E-state index in [1.54, 1.807) is 18.7 Å². The van der Waals surface area contributed by atoms with Crippen molar-refractivity contribution in [2.24, 2.45) is 0 Å². The molecule has 0 saturated carbocycles. The van der Waals surface area contributed by atoms with Crippen molar-refractivity contribution in [1.82, 2.24) is 24.9 Å². The highest BCUT2D eigenvalue weighted by atomic mass is 15.3. The van der Waals surface area contributed by atoms with E-state index in [0.717, 1.165) is 42.0 Å². The molecule has 0 spiro atoms. The predicted molar refractivity (Wildman–Crippen MR) is 89.7 cm³/mol. The van der Waals surface area contributed by atoms with Crippen molar-refractivity contribution in [2.75, 3.05) is 29.9 Å². The number of H-pyrrole nitrogens is 1. The van der Waals surface area contributed by atoms with Gasteiger partial charge in [-0.2, -0.15) is 5.26 Å². The second-order valence-electron chi connectivity index (χ2n) is 5.81. The number of nitrogens with zero attached hydrogens (tertiary/aromatic N) is 7. The van der Waals surface area contributed by atoms with Gasteiger partial charge in [-0.05, 0) is 12.5 Å². The number of aromatic nitrogens is 5. The van der Waals surface area contributed by atoms with Crippen LogP contribution in [0.15, 0.2) is 31.0 Å². The van der Waals surface area contributed by atoms with Crippen LogP contribution in [0.3, 0.4) is 0 Å². The fraction of sp³-hybridized carbons (Fsp3) is 0.312. The van der Waals surface area contributed by atoms with E-state index in [-0.39, 0.29) is 5.82 Å². The average molecular weight is 320 g/mol. The molecule has 1 fully saturated rings. The third kappa shape index (κ3) is 2.40. The summed E-state index contributed by atoms with van der Waals surface area (Å²) in [6.07, 6.45) is 7.91. The molecule has 0 aliphatic carbocycles. The van der Waals surface area contributed by atoms with Crippen molar-refractivity contribution in [3.05, 3.63) is 36.8 Å². The molecule has 1 N–H and O–H groups in total. The van der Waals surface area contributed by atoms with Gasteiger partial charge in [0.1, 0.15) is 23.9 Å². The summed E-state index contributed by atoms with van der Waals surface area (Å²) in [4.78, 5) is 24.4. The van der Waals surface area contributed by atoms with Crippen LogP contribution < -0.4 is 9.80 Å². The van der Waals surface area contributed by atoms with E-state index < -0.39 is 0 Å². The zero-order valence-corrected chi connectivity index (χ0v) is 13.2. The molecule has 0 unspecified atom stereocenters. The quantitative estimate of drug-likeness (QED) is 0.777. The van der Waals surface area contributed by atoms with E-state index >= 15 is 0 Å². The first-order chi connectivity index (χ1) is 11.8. The summed E-state index contributed by atoms with van der Waals surface area (Å²) < 4.78 is 0. The van der Waals surface area contributed by atoms with Crippen molar-refractivity contribution in [3.63, 3.8) is 0 Å². The fourth-order valence-corrected chi connectivity index (χ4v) is 3.15. The topological polar surface area (TPSA) is 97.6 Å². The fourth-order valence-electron chi connectivity index (χ4n) is 3.15. The van der Waals surface area contributed by atoms with E-state index in [4.69, 9.17) is 5.26 Å². The van der Waals surface area contributed by atoms with Crippen LogP contribution in [-0.4, -0.2) is 51.1 Å². The molecule has 8 nitrogen and oxygen atoms in total. The maximum absolute atomic E-state index is 8.79. The van der Waals surface area contributed by atoms with Crippen LogP contribution in [0, 0.1) is 11.3 Å². The second kappa shape index (κ2) is 5.77. The first kappa shape index (κ1) is 14.4. The number of fused-ring (bicyclic) bond motifs is 1. The van der Waals surface area contributed by atoms with Crippen LogP contribution in [0.4, 0.5) is 11.5 Å². The van der Waals surface area contributed by atoms with Crippen molar-refractivity contribution in [2.45, 2.75) is 12.5 Å². The van der Waals surface area contributed by atoms with Gasteiger partial charge in [-0.25, -0.2) is 19.9 Å². The van der Waals surface area contributed by atoms with Gasteiger partial charge in [0.05, 0.1) is 23.5 Å². The van der Waals surface area contributed by atoms with Gasteiger partial charge in [0.15, 0.2) is 0 Å². The molecule has 1 saturated heterocycles. The van der Waals surface area contributed by atoms with Crippen LogP contribution in [0.5, 0.6) is 0 Å². The Bertz CT molecular complexity index is 894. The molecule has 0 amide bonds. The SMILES string of the molecule is CN(c1ncnc2[nH]ccc12)[C@@H]1CCN(c2cnc(C#N)nc2)C1. The summed E-state index contributed by atoms with van der Waals surface area (Å²) >= 11 is 0. The lowest BCUT2D eigenvalue weighted by atomic mass is 10.2. The molecule has 0 bridgehead atoms. The Labute approximate surface area is 138 Å². The Hall–Kier alpha value is -3.21. The molecule has 3 aromatic rings. The molecule has 120 valence electrons. The largest absolute Gasteiger partial charge is 0.367 e. The summed E-state index contributed by atoms with van der Waals surface area (Å²) in [5.41, 5.74) is 1.79. The molecule has 0 radical (unpaired) electrons. The van der Waals surface area contributed by atoms with E-state index in [1.165, 1.54) is 0 Å². The molecule has 1 aliphatic rings.